The van der Waals surface area contributed by atoms with E-state index in [0.717, 1.165) is 11.1 Å². The van der Waals surface area contributed by atoms with Crippen molar-refractivity contribution in [3.63, 3.8) is 0 Å². The number of carboxylic acid groups (broad SMARTS) is 1. The molecule has 0 heterocycles. The highest BCUT2D eigenvalue weighted by atomic mass is 16.4. The Kier molecular flexibility index (Phi) is 6.51. The van der Waals surface area contributed by atoms with Gasteiger partial charge in [0.1, 0.15) is 0 Å². The second-order valence-electron chi connectivity index (χ2n) is 5.70. The van der Waals surface area contributed by atoms with Gasteiger partial charge >= 0.3 is 5.97 Å². The Balaban J connectivity index is 2.08. The van der Waals surface area contributed by atoms with Gasteiger partial charge in [0.05, 0.1) is 0 Å². The highest BCUT2D eigenvalue weighted by molar-refractivity contribution is 5.94. The van der Waals surface area contributed by atoms with E-state index in [1.165, 1.54) is 0 Å². The lowest BCUT2D eigenvalue weighted by Crippen LogP contribution is -2.37. The Morgan fingerprint density at radius 1 is 1.04 bits per heavy atom. The smallest absolute Gasteiger partial charge is 0.303 e. The zero-order valence-electron chi connectivity index (χ0n) is 13.4. The summed E-state index contributed by atoms with van der Waals surface area (Å²) in [5.41, 5.74) is 8.08. The largest absolute Gasteiger partial charge is 0.481 e. The molecule has 1 atom stereocenters. The SMILES string of the molecule is NCc1cccc(C(=O)NC(CCC(=O)O)Cc2ccccc2)c1. The Bertz CT molecular complexity index is 686. The molecule has 0 radical (unpaired) electrons. The minimum atomic E-state index is -0.868. The predicted octanol–water partition coefficient (Wildman–Crippen LogP) is 2.35. The zero-order chi connectivity index (χ0) is 17.4. The van der Waals surface area contributed by atoms with Gasteiger partial charge < -0.3 is 16.2 Å². The molecule has 126 valence electrons. The second kappa shape index (κ2) is 8.84. The first-order chi connectivity index (χ1) is 11.6. The fourth-order valence-electron chi connectivity index (χ4n) is 2.53. The average molecular weight is 326 g/mol. The number of carboxylic acids is 1. The highest BCUT2D eigenvalue weighted by Crippen LogP contribution is 2.10. The van der Waals surface area contributed by atoms with E-state index in [2.05, 4.69) is 5.32 Å². The first kappa shape index (κ1) is 17.7. The third kappa shape index (κ3) is 5.52. The fraction of sp³-hybridized carbons (Fsp3) is 0.263. The standard InChI is InChI=1S/C19H22N2O3/c20-13-15-7-4-8-16(11-15)19(24)21-17(9-10-18(22)23)12-14-5-2-1-3-6-14/h1-8,11,17H,9-10,12-13,20H2,(H,21,24)(H,22,23). The molecule has 0 aliphatic heterocycles. The first-order valence-electron chi connectivity index (χ1n) is 7.94. The van der Waals surface area contributed by atoms with E-state index in [1.54, 1.807) is 18.2 Å². The molecule has 0 bridgehead atoms. The molecule has 0 aliphatic carbocycles. The summed E-state index contributed by atoms with van der Waals surface area (Å²) in [6.07, 6.45) is 0.990. The molecule has 2 rings (SSSR count). The molecule has 0 spiro atoms. The van der Waals surface area contributed by atoms with E-state index in [-0.39, 0.29) is 18.4 Å². The molecular formula is C19H22N2O3. The number of aliphatic carboxylic acids is 1. The summed E-state index contributed by atoms with van der Waals surface area (Å²) in [6.45, 7) is 0.369. The zero-order valence-corrected chi connectivity index (χ0v) is 13.4. The molecule has 5 nitrogen and oxygen atoms in total. The van der Waals surface area contributed by atoms with E-state index in [4.69, 9.17) is 10.8 Å². The molecule has 4 N–H and O–H groups in total. The van der Waals surface area contributed by atoms with Crippen molar-refractivity contribution in [2.45, 2.75) is 31.8 Å². The van der Waals surface area contributed by atoms with E-state index >= 15 is 0 Å². The first-order valence-corrected chi connectivity index (χ1v) is 7.94. The predicted molar refractivity (Wildman–Crippen MR) is 92.6 cm³/mol. The van der Waals surface area contributed by atoms with Crippen LogP contribution in [0.1, 0.15) is 34.3 Å². The van der Waals surface area contributed by atoms with Gasteiger partial charge in [-0.1, -0.05) is 42.5 Å². The highest BCUT2D eigenvalue weighted by Gasteiger charge is 2.16. The van der Waals surface area contributed by atoms with Crippen LogP contribution in [0.15, 0.2) is 54.6 Å². The summed E-state index contributed by atoms with van der Waals surface area (Å²) in [4.78, 5) is 23.3. The summed E-state index contributed by atoms with van der Waals surface area (Å²) < 4.78 is 0. The number of rotatable bonds is 8. The Hall–Kier alpha value is -2.66. The van der Waals surface area contributed by atoms with Gasteiger partial charge in [-0.05, 0) is 36.1 Å². The molecule has 5 heteroatoms. The van der Waals surface area contributed by atoms with Gasteiger partial charge in [0.25, 0.3) is 5.91 Å². The Morgan fingerprint density at radius 3 is 2.42 bits per heavy atom. The van der Waals surface area contributed by atoms with Crippen molar-refractivity contribution >= 4 is 11.9 Å². The third-order valence-corrected chi connectivity index (χ3v) is 3.79. The van der Waals surface area contributed by atoms with Gasteiger partial charge in [-0.25, -0.2) is 0 Å². The Morgan fingerprint density at radius 2 is 1.75 bits per heavy atom. The van der Waals surface area contributed by atoms with Crippen LogP contribution < -0.4 is 11.1 Å². The van der Waals surface area contributed by atoms with Gasteiger partial charge in [-0.3, -0.25) is 9.59 Å². The molecule has 0 saturated heterocycles. The molecule has 0 saturated carbocycles. The van der Waals surface area contributed by atoms with Crippen LogP contribution in [0.4, 0.5) is 0 Å². The van der Waals surface area contributed by atoms with Gasteiger partial charge in [0.15, 0.2) is 0 Å². The van der Waals surface area contributed by atoms with E-state index in [9.17, 15) is 9.59 Å². The maximum Gasteiger partial charge on any atom is 0.303 e. The molecule has 0 fully saturated rings. The van der Waals surface area contributed by atoms with Gasteiger partial charge in [0.2, 0.25) is 0 Å². The van der Waals surface area contributed by atoms with Crippen LogP contribution in [0.3, 0.4) is 0 Å². The topological polar surface area (TPSA) is 92.4 Å². The van der Waals surface area contributed by atoms with Crippen LogP contribution in [-0.2, 0) is 17.8 Å². The molecule has 0 aliphatic rings. The van der Waals surface area contributed by atoms with Gasteiger partial charge in [-0.15, -0.1) is 0 Å². The van der Waals surface area contributed by atoms with E-state index in [1.807, 2.05) is 36.4 Å². The normalized spacial score (nSPS) is 11.7. The Labute approximate surface area is 141 Å². The molecule has 0 aromatic heterocycles. The maximum atomic E-state index is 12.5. The maximum absolute atomic E-state index is 12.5. The summed E-state index contributed by atoms with van der Waals surface area (Å²) in [7, 11) is 0. The van der Waals surface area contributed by atoms with Crippen LogP contribution in [0.2, 0.25) is 0 Å². The van der Waals surface area contributed by atoms with Gasteiger partial charge in [-0.2, -0.15) is 0 Å². The third-order valence-electron chi connectivity index (χ3n) is 3.79. The second-order valence-corrected chi connectivity index (χ2v) is 5.70. The van der Waals surface area contributed by atoms with Crippen LogP contribution in [-0.4, -0.2) is 23.0 Å². The number of hydrogen-bond donors (Lipinski definition) is 3. The van der Waals surface area contributed by atoms with Crippen molar-refractivity contribution in [2.75, 3.05) is 0 Å². The number of nitrogens with one attached hydrogen (secondary N) is 1. The van der Waals surface area contributed by atoms with Crippen molar-refractivity contribution in [3.05, 3.63) is 71.3 Å². The van der Waals surface area contributed by atoms with E-state index < -0.39 is 5.97 Å². The van der Waals surface area contributed by atoms with Crippen LogP contribution in [0.25, 0.3) is 0 Å². The number of benzene rings is 2. The monoisotopic (exact) mass is 326 g/mol. The quantitative estimate of drug-likeness (QED) is 0.694. The van der Waals surface area contributed by atoms with Crippen molar-refractivity contribution in [2.24, 2.45) is 5.73 Å². The summed E-state index contributed by atoms with van der Waals surface area (Å²) in [5, 5.41) is 11.9. The van der Waals surface area contributed by atoms with Crippen LogP contribution >= 0.6 is 0 Å². The summed E-state index contributed by atoms with van der Waals surface area (Å²) >= 11 is 0. The van der Waals surface area contributed by atoms with E-state index in [0.29, 0.717) is 24.9 Å². The number of nitrogens with two attached hydrogens (primary N) is 1. The number of carbonyl (C=O) groups excluding carboxylic acids is 1. The summed E-state index contributed by atoms with van der Waals surface area (Å²) in [6, 6.07) is 16.6. The molecule has 2 aromatic rings. The lowest BCUT2D eigenvalue weighted by Gasteiger charge is -2.18. The molecular weight excluding hydrogens is 304 g/mol. The van der Waals surface area contributed by atoms with Crippen LogP contribution in [0, 0.1) is 0 Å². The van der Waals surface area contributed by atoms with Crippen molar-refractivity contribution in [1.29, 1.82) is 0 Å². The summed E-state index contributed by atoms with van der Waals surface area (Å²) in [5.74, 6) is -1.08. The minimum absolute atomic E-state index is 0.0145. The lowest BCUT2D eigenvalue weighted by atomic mass is 10.0. The molecule has 1 unspecified atom stereocenters. The lowest BCUT2D eigenvalue weighted by molar-refractivity contribution is -0.137. The molecule has 1 amide bonds. The number of hydrogen-bond acceptors (Lipinski definition) is 3. The molecule has 24 heavy (non-hydrogen) atoms. The minimum Gasteiger partial charge on any atom is -0.481 e. The van der Waals surface area contributed by atoms with Gasteiger partial charge in [0, 0.05) is 24.6 Å². The molecule has 2 aromatic carbocycles. The number of amides is 1. The van der Waals surface area contributed by atoms with Crippen LogP contribution in [0.5, 0.6) is 0 Å². The fourth-order valence-corrected chi connectivity index (χ4v) is 2.53. The average Bonchev–Trinajstić information content (AvgIpc) is 2.60. The van der Waals surface area contributed by atoms with Crippen molar-refractivity contribution < 1.29 is 14.7 Å². The van der Waals surface area contributed by atoms with Crippen molar-refractivity contribution in [3.8, 4) is 0 Å². The number of carbonyl (C=O) groups is 2. The van der Waals surface area contributed by atoms with Crippen molar-refractivity contribution in [1.82, 2.24) is 5.32 Å².